The number of methoxy groups -OCH3 is 3. The van der Waals surface area contributed by atoms with Gasteiger partial charge < -0.3 is 27.9 Å². The van der Waals surface area contributed by atoms with Crippen molar-refractivity contribution < 1.29 is 32.7 Å². The molecule has 0 aliphatic rings. The summed E-state index contributed by atoms with van der Waals surface area (Å²) < 4.78 is 30.8. The third-order valence-corrected chi connectivity index (χ3v) is 3.46. The predicted molar refractivity (Wildman–Crippen MR) is 89.2 cm³/mol. The Morgan fingerprint density at radius 3 is 2.67 bits per heavy atom. The van der Waals surface area contributed by atoms with Gasteiger partial charge >= 0.3 is 5.97 Å². The van der Waals surface area contributed by atoms with Crippen LogP contribution in [0.25, 0.3) is 11.4 Å². The van der Waals surface area contributed by atoms with Crippen molar-refractivity contribution in [1.82, 2.24) is 15.1 Å². The molecule has 2 heterocycles. The number of aromatic nitrogens is 3. The van der Waals surface area contributed by atoms with Crippen LogP contribution in [0.4, 0.5) is 0 Å². The molecule has 10 nitrogen and oxygen atoms in total. The molecule has 0 spiro atoms. The maximum atomic E-state index is 11.4. The fourth-order valence-corrected chi connectivity index (χ4v) is 2.20. The second kappa shape index (κ2) is 8.32. The molecule has 0 radical (unpaired) electrons. The van der Waals surface area contributed by atoms with Crippen LogP contribution in [0.1, 0.15) is 22.3 Å². The molecule has 0 amide bonds. The zero-order chi connectivity index (χ0) is 19.2. The summed E-state index contributed by atoms with van der Waals surface area (Å²) in [7, 11) is 4.32. The third kappa shape index (κ3) is 4.23. The van der Waals surface area contributed by atoms with Crippen molar-refractivity contribution in [3.63, 3.8) is 0 Å². The summed E-state index contributed by atoms with van der Waals surface area (Å²) in [6, 6.07) is 5.17. The molecule has 0 bridgehead atoms. The van der Waals surface area contributed by atoms with Crippen LogP contribution in [0.15, 0.2) is 33.4 Å². The molecule has 2 aromatic heterocycles. The lowest BCUT2D eigenvalue weighted by Crippen LogP contribution is -2.03. The van der Waals surface area contributed by atoms with Gasteiger partial charge in [0, 0.05) is 12.7 Å². The van der Waals surface area contributed by atoms with Gasteiger partial charge in [-0.3, -0.25) is 0 Å². The quantitative estimate of drug-likeness (QED) is 0.542. The molecule has 3 rings (SSSR count). The van der Waals surface area contributed by atoms with Gasteiger partial charge in [0.2, 0.25) is 11.7 Å². The summed E-state index contributed by atoms with van der Waals surface area (Å²) in [6.07, 6.45) is 1.21. The van der Waals surface area contributed by atoms with Crippen molar-refractivity contribution in [2.45, 2.75) is 13.2 Å². The van der Waals surface area contributed by atoms with E-state index >= 15 is 0 Å². The highest BCUT2D eigenvalue weighted by Crippen LogP contribution is 2.32. The SMILES string of the molecule is COCc1nc(-c2ccc(OCc3nc(C(=O)OC)co3)c(OC)c2)no1. The standard InChI is InChI=1S/C17H17N3O7/c1-22-8-15-19-16(20-27-15)10-4-5-12(13(6-10)23-2)25-9-14-18-11(7-26-14)17(21)24-3/h4-7H,8-9H2,1-3H3. The normalized spacial score (nSPS) is 10.6. The first-order valence-corrected chi connectivity index (χ1v) is 7.80. The molecule has 0 N–H and O–H groups in total. The fourth-order valence-electron chi connectivity index (χ4n) is 2.20. The van der Waals surface area contributed by atoms with Crippen LogP contribution in [0.3, 0.4) is 0 Å². The smallest absolute Gasteiger partial charge is 0.360 e. The van der Waals surface area contributed by atoms with E-state index in [0.717, 1.165) is 0 Å². The summed E-state index contributed by atoms with van der Waals surface area (Å²) >= 11 is 0. The number of esters is 1. The lowest BCUT2D eigenvalue weighted by molar-refractivity contribution is 0.0594. The average Bonchev–Trinajstić information content (AvgIpc) is 3.35. The van der Waals surface area contributed by atoms with E-state index in [2.05, 4.69) is 19.9 Å². The Kier molecular flexibility index (Phi) is 5.67. The first-order valence-electron chi connectivity index (χ1n) is 7.80. The molecule has 0 saturated carbocycles. The Bertz CT molecular complexity index is 919. The van der Waals surface area contributed by atoms with Gasteiger partial charge in [0.15, 0.2) is 23.8 Å². The highest BCUT2D eigenvalue weighted by molar-refractivity contribution is 5.86. The van der Waals surface area contributed by atoms with Crippen LogP contribution < -0.4 is 9.47 Å². The third-order valence-electron chi connectivity index (χ3n) is 3.46. The van der Waals surface area contributed by atoms with Crippen molar-refractivity contribution in [2.24, 2.45) is 0 Å². The lowest BCUT2D eigenvalue weighted by Gasteiger charge is -2.10. The van der Waals surface area contributed by atoms with E-state index < -0.39 is 5.97 Å². The van der Waals surface area contributed by atoms with E-state index in [1.807, 2.05) is 0 Å². The number of oxazole rings is 1. The van der Waals surface area contributed by atoms with E-state index in [-0.39, 0.29) is 24.8 Å². The molecule has 10 heteroatoms. The molecule has 0 aliphatic heterocycles. The Balaban J connectivity index is 1.72. The second-order valence-corrected chi connectivity index (χ2v) is 5.22. The van der Waals surface area contributed by atoms with Crippen molar-refractivity contribution in [3.05, 3.63) is 41.9 Å². The van der Waals surface area contributed by atoms with Gasteiger partial charge in [-0.1, -0.05) is 5.16 Å². The minimum Gasteiger partial charge on any atom is -0.493 e. The maximum absolute atomic E-state index is 11.4. The number of hydrogen-bond acceptors (Lipinski definition) is 10. The summed E-state index contributed by atoms with van der Waals surface area (Å²) in [6.45, 7) is 0.238. The summed E-state index contributed by atoms with van der Waals surface area (Å²) in [5.41, 5.74) is 0.761. The number of rotatable bonds is 8. The van der Waals surface area contributed by atoms with Crippen LogP contribution in [0, 0.1) is 0 Å². The first kappa shape index (κ1) is 18.4. The van der Waals surface area contributed by atoms with Crippen molar-refractivity contribution >= 4 is 5.97 Å². The summed E-state index contributed by atoms with van der Waals surface area (Å²) in [5.74, 6) is 1.34. The highest BCUT2D eigenvalue weighted by atomic mass is 16.5. The molecule has 0 saturated heterocycles. The maximum Gasteiger partial charge on any atom is 0.360 e. The Hall–Kier alpha value is -3.40. The zero-order valence-electron chi connectivity index (χ0n) is 14.9. The minimum absolute atomic E-state index is 0.00684. The summed E-state index contributed by atoms with van der Waals surface area (Å²) in [4.78, 5) is 19.6. The zero-order valence-corrected chi connectivity index (χ0v) is 14.9. The van der Waals surface area contributed by atoms with E-state index in [9.17, 15) is 4.79 Å². The van der Waals surface area contributed by atoms with Crippen LogP contribution >= 0.6 is 0 Å². The van der Waals surface area contributed by atoms with Crippen LogP contribution in [0.2, 0.25) is 0 Å². The molecule has 27 heavy (non-hydrogen) atoms. The number of carbonyl (C=O) groups is 1. The van der Waals surface area contributed by atoms with Gasteiger partial charge in [-0.15, -0.1) is 0 Å². The van der Waals surface area contributed by atoms with Crippen LogP contribution in [-0.4, -0.2) is 42.4 Å². The van der Waals surface area contributed by atoms with E-state index in [0.29, 0.717) is 28.8 Å². The molecule has 142 valence electrons. The Labute approximate surface area is 154 Å². The highest BCUT2D eigenvalue weighted by Gasteiger charge is 2.15. The Morgan fingerprint density at radius 1 is 1.07 bits per heavy atom. The van der Waals surface area contributed by atoms with Gasteiger partial charge in [-0.25, -0.2) is 9.78 Å². The number of benzene rings is 1. The van der Waals surface area contributed by atoms with Crippen molar-refractivity contribution in [2.75, 3.05) is 21.3 Å². The Morgan fingerprint density at radius 2 is 1.93 bits per heavy atom. The monoisotopic (exact) mass is 375 g/mol. The molecular weight excluding hydrogens is 358 g/mol. The van der Waals surface area contributed by atoms with Gasteiger partial charge in [0.25, 0.3) is 5.89 Å². The van der Waals surface area contributed by atoms with Gasteiger partial charge in [-0.2, -0.15) is 4.98 Å². The second-order valence-electron chi connectivity index (χ2n) is 5.22. The number of carbonyl (C=O) groups excluding carboxylic acids is 1. The van der Waals surface area contributed by atoms with Crippen LogP contribution in [0.5, 0.6) is 11.5 Å². The summed E-state index contributed by atoms with van der Waals surface area (Å²) in [5, 5.41) is 3.90. The average molecular weight is 375 g/mol. The van der Waals surface area contributed by atoms with Crippen molar-refractivity contribution in [1.29, 1.82) is 0 Å². The molecule has 1 aromatic carbocycles. The minimum atomic E-state index is -0.583. The molecule has 0 atom stereocenters. The number of ether oxygens (including phenoxy) is 4. The number of hydrogen-bond donors (Lipinski definition) is 0. The fraction of sp³-hybridized carbons (Fsp3) is 0.294. The van der Waals surface area contributed by atoms with Gasteiger partial charge in [-0.05, 0) is 18.2 Å². The first-order chi connectivity index (χ1) is 13.1. The molecule has 0 aliphatic carbocycles. The topological polar surface area (TPSA) is 119 Å². The largest absolute Gasteiger partial charge is 0.493 e. The van der Waals surface area contributed by atoms with Crippen LogP contribution in [-0.2, 0) is 22.7 Å². The van der Waals surface area contributed by atoms with Gasteiger partial charge in [0.1, 0.15) is 12.9 Å². The molecular formula is C17H17N3O7. The molecule has 0 unspecified atom stereocenters. The molecule has 3 aromatic rings. The lowest BCUT2D eigenvalue weighted by atomic mass is 10.2. The van der Waals surface area contributed by atoms with Crippen molar-refractivity contribution in [3.8, 4) is 22.9 Å². The predicted octanol–water partition coefficient (Wildman–Crippen LogP) is 2.25. The van der Waals surface area contributed by atoms with Gasteiger partial charge in [0.05, 0.1) is 14.2 Å². The van der Waals surface area contributed by atoms with E-state index in [1.165, 1.54) is 20.5 Å². The van der Waals surface area contributed by atoms with E-state index in [4.69, 9.17) is 23.2 Å². The molecule has 0 fully saturated rings. The van der Waals surface area contributed by atoms with E-state index in [1.54, 1.807) is 25.3 Å². The number of nitrogens with zero attached hydrogens (tertiary/aromatic N) is 3.